The average Bonchev–Trinajstić information content (AvgIpc) is 3.39. The van der Waals surface area contributed by atoms with E-state index in [0.717, 1.165) is 16.5 Å². The van der Waals surface area contributed by atoms with Crippen molar-refractivity contribution in [1.29, 1.82) is 0 Å². The highest BCUT2D eigenvalue weighted by atomic mass is 35.5. The second kappa shape index (κ2) is 11.4. The fourth-order valence-corrected chi connectivity index (χ4v) is 4.01. The first-order valence-corrected chi connectivity index (χ1v) is 11.7. The Labute approximate surface area is 216 Å². The van der Waals surface area contributed by atoms with Crippen molar-refractivity contribution in [3.05, 3.63) is 106 Å². The fraction of sp³-hybridized carbons (Fsp3) is 0.111. The van der Waals surface area contributed by atoms with Crippen molar-refractivity contribution in [2.75, 3.05) is 6.54 Å². The largest absolute Gasteiger partial charge is 0.480 e. The number of fused-ring (bicyclic) bond motifs is 1. The van der Waals surface area contributed by atoms with Gasteiger partial charge in [0.2, 0.25) is 0 Å². The first kappa shape index (κ1) is 25.5. The van der Waals surface area contributed by atoms with E-state index < -0.39 is 23.8 Å². The maximum Gasteiger partial charge on any atom is 0.328 e. The van der Waals surface area contributed by atoms with Gasteiger partial charge in [-0.3, -0.25) is 14.4 Å². The minimum Gasteiger partial charge on any atom is -0.480 e. The maximum atomic E-state index is 12.7. The zero-order valence-corrected chi connectivity index (χ0v) is 20.2. The minimum atomic E-state index is -1.39. The summed E-state index contributed by atoms with van der Waals surface area (Å²) in [7, 11) is 0. The molecule has 0 aliphatic rings. The lowest BCUT2D eigenvalue weighted by Crippen LogP contribution is -2.48. The predicted octanol–water partition coefficient (Wildman–Crippen LogP) is 3.36. The normalized spacial score (nSPS) is 11.5. The molecule has 5 N–H and O–H groups in total. The molecule has 10 heteroatoms. The number of H-pyrrole nitrogens is 1. The molecule has 0 bridgehead atoms. The molecule has 9 nitrogen and oxygen atoms in total. The molecule has 0 aliphatic heterocycles. The number of carbonyl (C=O) groups is 4. The van der Waals surface area contributed by atoms with Crippen LogP contribution in [-0.4, -0.2) is 46.4 Å². The van der Waals surface area contributed by atoms with Crippen molar-refractivity contribution in [1.82, 2.24) is 20.9 Å². The topological polar surface area (TPSA) is 140 Å². The number of hydrogen-bond donors (Lipinski definition) is 5. The second-order valence-corrected chi connectivity index (χ2v) is 8.58. The van der Waals surface area contributed by atoms with Crippen LogP contribution in [0.25, 0.3) is 10.9 Å². The van der Waals surface area contributed by atoms with Gasteiger partial charge in [-0.15, -0.1) is 0 Å². The molecule has 0 aliphatic carbocycles. The predicted molar refractivity (Wildman–Crippen MR) is 139 cm³/mol. The van der Waals surface area contributed by atoms with Crippen LogP contribution < -0.4 is 16.0 Å². The Morgan fingerprint density at radius 3 is 2.32 bits per heavy atom. The van der Waals surface area contributed by atoms with Crippen LogP contribution in [-0.2, 0) is 11.3 Å². The second-order valence-electron chi connectivity index (χ2n) is 8.17. The molecule has 1 heterocycles. The van der Waals surface area contributed by atoms with Crippen LogP contribution in [0.4, 0.5) is 0 Å². The molecular formula is C27H23ClN4O5. The molecule has 4 aromatic rings. The summed E-state index contributed by atoms with van der Waals surface area (Å²) in [6, 6.07) is 18.7. The van der Waals surface area contributed by atoms with Crippen molar-refractivity contribution >= 4 is 46.2 Å². The van der Waals surface area contributed by atoms with Crippen LogP contribution in [0.3, 0.4) is 0 Å². The molecular weight excluding hydrogens is 496 g/mol. The minimum absolute atomic E-state index is 0.00376. The lowest BCUT2D eigenvalue weighted by molar-refractivity contribution is -0.139. The fourth-order valence-electron chi connectivity index (χ4n) is 3.75. The van der Waals surface area contributed by atoms with Crippen molar-refractivity contribution in [3.8, 4) is 0 Å². The third kappa shape index (κ3) is 6.14. The van der Waals surface area contributed by atoms with Gasteiger partial charge < -0.3 is 26.0 Å². The number of nitrogens with one attached hydrogen (secondary N) is 4. The molecule has 0 spiro atoms. The highest BCUT2D eigenvalue weighted by molar-refractivity contribution is 6.34. The number of aromatic nitrogens is 1. The first-order chi connectivity index (χ1) is 17.8. The van der Waals surface area contributed by atoms with Gasteiger partial charge in [-0.1, -0.05) is 41.9 Å². The Kier molecular flexibility index (Phi) is 7.85. The third-order valence-corrected chi connectivity index (χ3v) is 6.02. The number of halogens is 1. The number of hydrogen-bond acceptors (Lipinski definition) is 4. The molecule has 0 radical (unpaired) electrons. The summed E-state index contributed by atoms with van der Waals surface area (Å²) < 4.78 is 0. The summed E-state index contributed by atoms with van der Waals surface area (Å²) in [5, 5.41) is 18.1. The Balaban J connectivity index is 1.37. The molecule has 4 rings (SSSR count). The summed E-state index contributed by atoms with van der Waals surface area (Å²) in [5.41, 5.74) is 2.50. The molecule has 1 aromatic heterocycles. The van der Waals surface area contributed by atoms with Crippen molar-refractivity contribution in [2.45, 2.75) is 12.6 Å². The van der Waals surface area contributed by atoms with E-state index in [9.17, 15) is 24.3 Å². The molecule has 1 atom stereocenters. The number of benzene rings is 3. The number of rotatable bonds is 9. The average molecular weight is 519 g/mol. The van der Waals surface area contributed by atoms with Crippen LogP contribution in [0.5, 0.6) is 0 Å². The van der Waals surface area contributed by atoms with Crippen LogP contribution >= 0.6 is 11.6 Å². The SMILES string of the molecule is O=C(NCc1cccc2[nH]ccc12)c1ccc(C(=O)N[C@@H](CNC(=O)c2ccccc2)C(=O)O)c(Cl)c1. The number of aliphatic carboxylic acids is 1. The molecule has 37 heavy (non-hydrogen) atoms. The maximum absolute atomic E-state index is 12.7. The van der Waals surface area contributed by atoms with Crippen molar-refractivity contribution in [3.63, 3.8) is 0 Å². The Bertz CT molecular complexity index is 1470. The first-order valence-electron chi connectivity index (χ1n) is 11.3. The van der Waals surface area contributed by atoms with Crippen LogP contribution in [0.2, 0.25) is 5.02 Å². The van der Waals surface area contributed by atoms with Gasteiger partial charge in [0.1, 0.15) is 6.04 Å². The summed E-state index contributed by atoms with van der Waals surface area (Å²) in [6.07, 6.45) is 1.83. The zero-order chi connectivity index (χ0) is 26.4. The molecule has 0 saturated carbocycles. The molecule has 0 fully saturated rings. The van der Waals surface area contributed by atoms with E-state index in [4.69, 9.17) is 11.6 Å². The quantitative estimate of drug-likeness (QED) is 0.231. The zero-order valence-electron chi connectivity index (χ0n) is 19.5. The smallest absolute Gasteiger partial charge is 0.328 e. The summed E-state index contributed by atoms with van der Waals surface area (Å²) >= 11 is 6.26. The van der Waals surface area contributed by atoms with Gasteiger partial charge in [-0.2, -0.15) is 0 Å². The lowest BCUT2D eigenvalue weighted by atomic mass is 10.1. The highest BCUT2D eigenvalue weighted by Gasteiger charge is 2.23. The molecule has 3 amide bonds. The van der Waals surface area contributed by atoms with E-state index in [0.29, 0.717) is 12.1 Å². The molecule has 188 valence electrons. The van der Waals surface area contributed by atoms with E-state index >= 15 is 0 Å². The number of carbonyl (C=O) groups excluding carboxylic acids is 3. The van der Waals surface area contributed by atoms with E-state index in [1.165, 1.54) is 18.2 Å². The molecule has 0 saturated heterocycles. The standard InChI is InChI=1S/C27H23ClN4O5/c28-21-13-17(25(34)30-14-18-7-4-8-22-19(18)11-12-29-22)9-10-20(21)26(35)32-23(27(36)37)15-31-24(33)16-5-2-1-3-6-16/h1-13,23,29H,14-15H2,(H,30,34)(H,31,33)(H,32,35)(H,36,37)/t23-/m0/s1. The van der Waals surface area contributed by atoms with Gasteiger partial charge in [-0.05, 0) is 48.0 Å². The van der Waals surface area contributed by atoms with Crippen molar-refractivity contribution in [2.24, 2.45) is 0 Å². The van der Waals surface area contributed by atoms with Crippen LogP contribution in [0.1, 0.15) is 36.6 Å². The highest BCUT2D eigenvalue weighted by Crippen LogP contribution is 2.20. The Morgan fingerprint density at radius 1 is 0.838 bits per heavy atom. The number of amides is 3. The van der Waals surface area contributed by atoms with E-state index in [2.05, 4.69) is 20.9 Å². The van der Waals surface area contributed by atoms with Crippen LogP contribution in [0, 0.1) is 0 Å². The lowest BCUT2D eigenvalue weighted by Gasteiger charge is -2.16. The monoisotopic (exact) mass is 518 g/mol. The van der Waals surface area contributed by atoms with Gasteiger partial charge in [0, 0.05) is 41.3 Å². The van der Waals surface area contributed by atoms with Gasteiger partial charge in [0.05, 0.1) is 10.6 Å². The van der Waals surface area contributed by atoms with E-state index in [1.807, 2.05) is 30.5 Å². The van der Waals surface area contributed by atoms with Crippen molar-refractivity contribution < 1.29 is 24.3 Å². The Hall–Kier alpha value is -4.63. The van der Waals surface area contributed by atoms with E-state index in [1.54, 1.807) is 30.3 Å². The van der Waals surface area contributed by atoms with Gasteiger partial charge in [-0.25, -0.2) is 4.79 Å². The van der Waals surface area contributed by atoms with E-state index in [-0.39, 0.29) is 28.6 Å². The number of aromatic amines is 1. The van der Waals surface area contributed by atoms with Gasteiger partial charge in [0.15, 0.2) is 0 Å². The number of carboxylic acid groups (broad SMARTS) is 1. The number of carboxylic acids is 1. The van der Waals surface area contributed by atoms with Gasteiger partial charge in [0.25, 0.3) is 17.7 Å². The molecule has 0 unspecified atom stereocenters. The summed E-state index contributed by atoms with van der Waals surface area (Å²) in [5.74, 6) is -2.93. The molecule has 3 aromatic carbocycles. The third-order valence-electron chi connectivity index (χ3n) is 5.71. The summed E-state index contributed by atoms with van der Waals surface area (Å²) in [4.78, 5) is 52.3. The summed E-state index contributed by atoms with van der Waals surface area (Å²) in [6.45, 7) is -0.0380. The van der Waals surface area contributed by atoms with Gasteiger partial charge >= 0.3 is 5.97 Å². The van der Waals surface area contributed by atoms with Crippen LogP contribution in [0.15, 0.2) is 79.0 Å². The Morgan fingerprint density at radius 2 is 1.59 bits per heavy atom.